The second-order valence-corrected chi connectivity index (χ2v) is 6.08. The van der Waals surface area contributed by atoms with E-state index in [-0.39, 0.29) is 12.4 Å². The highest BCUT2D eigenvalue weighted by Crippen LogP contribution is 2.47. The molecule has 0 aromatic heterocycles. The molecule has 0 bridgehead atoms. The lowest BCUT2D eigenvalue weighted by molar-refractivity contribution is 0.418. The lowest BCUT2D eigenvalue weighted by Crippen LogP contribution is -2.29. The number of rotatable bonds is 3. The number of nitrogens with zero attached hydrogens (tertiary/aromatic N) is 2. The Bertz CT molecular complexity index is 541. The maximum absolute atomic E-state index is 2.43. The summed E-state index contributed by atoms with van der Waals surface area (Å²) in [6, 6.07) is 17.3. The van der Waals surface area contributed by atoms with Crippen molar-refractivity contribution >= 4 is 35.5 Å². The number of benzene rings is 2. The van der Waals surface area contributed by atoms with Crippen molar-refractivity contribution in [1.82, 2.24) is 4.90 Å². The largest absolute Gasteiger partial charge is 0.338 e. The van der Waals surface area contributed by atoms with Crippen molar-refractivity contribution in [3.8, 4) is 0 Å². The zero-order valence-electron chi connectivity index (χ0n) is 11.7. The maximum Gasteiger partial charge on any atom is 0.0553 e. The summed E-state index contributed by atoms with van der Waals surface area (Å²) in [6.07, 6.45) is 0. The van der Waals surface area contributed by atoms with Gasteiger partial charge in [-0.3, -0.25) is 0 Å². The molecule has 1 heterocycles. The lowest BCUT2D eigenvalue weighted by Gasteiger charge is -2.33. The third-order valence-corrected chi connectivity index (χ3v) is 4.43. The molecule has 0 N–H and O–H groups in total. The average Bonchev–Trinajstić information content (AvgIpc) is 2.43. The number of hydrogen-bond donors (Lipinski definition) is 0. The van der Waals surface area contributed by atoms with Gasteiger partial charge in [0.25, 0.3) is 0 Å². The summed E-state index contributed by atoms with van der Waals surface area (Å²) in [6.45, 7) is 2.06. The van der Waals surface area contributed by atoms with Crippen LogP contribution in [0.15, 0.2) is 58.3 Å². The van der Waals surface area contributed by atoms with Gasteiger partial charge >= 0.3 is 0 Å². The van der Waals surface area contributed by atoms with Crippen LogP contribution in [0.5, 0.6) is 0 Å². The van der Waals surface area contributed by atoms with Gasteiger partial charge in [0, 0.05) is 22.9 Å². The Morgan fingerprint density at radius 3 is 1.90 bits per heavy atom. The minimum atomic E-state index is 0. The van der Waals surface area contributed by atoms with Crippen molar-refractivity contribution in [3.63, 3.8) is 0 Å². The van der Waals surface area contributed by atoms with Gasteiger partial charge in [-0.15, -0.1) is 12.4 Å². The lowest BCUT2D eigenvalue weighted by atomic mass is 10.2. The zero-order chi connectivity index (χ0) is 13.2. The topological polar surface area (TPSA) is 6.48 Å². The number of anilines is 2. The molecule has 0 aliphatic carbocycles. The van der Waals surface area contributed by atoms with Crippen molar-refractivity contribution in [2.24, 2.45) is 0 Å². The van der Waals surface area contributed by atoms with Crippen LogP contribution in [0.2, 0.25) is 0 Å². The van der Waals surface area contributed by atoms with Crippen LogP contribution in [0.4, 0.5) is 11.4 Å². The van der Waals surface area contributed by atoms with E-state index in [1.54, 1.807) is 0 Å². The summed E-state index contributed by atoms with van der Waals surface area (Å²) in [5, 5.41) is 0. The molecule has 0 amide bonds. The van der Waals surface area contributed by atoms with Gasteiger partial charge in [-0.05, 0) is 38.4 Å². The number of para-hydroxylation sites is 2. The molecule has 2 nitrogen and oxygen atoms in total. The molecule has 106 valence electrons. The summed E-state index contributed by atoms with van der Waals surface area (Å²) in [7, 11) is 4.24. The molecule has 0 radical (unpaired) electrons. The first kappa shape index (κ1) is 15.2. The fraction of sp³-hybridized carbons (Fsp3) is 0.250. The average molecular weight is 307 g/mol. The second kappa shape index (κ2) is 6.53. The molecule has 3 rings (SSSR count). The SMILES string of the molecule is CN(C)CCN1c2ccccc2Sc2ccccc21.Cl. The van der Waals surface area contributed by atoms with E-state index in [0.29, 0.717) is 0 Å². The van der Waals surface area contributed by atoms with Crippen LogP contribution in [0.1, 0.15) is 0 Å². The Kier molecular flexibility index (Phi) is 4.97. The van der Waals surface area contributed by atoms with Crippen LogP contribution in [0.3, 0.4) is 0 Å². The van der Waals surface area contributed by atoms with E-state index >= 15 is 0 Å². The van der Waals surface area contributed by atoms with Crippen molar-refractivity contribution in [1.29, 1.82) is 0 Å². The van der Waals surface area contributed by atoms with E-state index in [1.165, 1.54) is 21.2 Å². The molecule has 2 aromatic carbocycles. The van der Waals surface area contributed by atoms with E-state index < -0.39 is 0 Å². The van der Waals surface area contributed by atoms with Crippen molar-refractivity contribution in [3.05, 3.63) is 48.5 Å². The van der Waals surface area contributed by atoms with Gasteiger partial charge in [-0.2, -0.15) is 0 Å². The highest BCUT2D eigenvalue weighted by molar-refractivity contribution is 7.99. The Hall–Kier alpha value is -1.16. The third-order valence-electron chi connectivity index (χ3n) is 3.30. The van der Waals surface area contributed by atoms with Crippen LogP contribution in [0.25, 0.3) is 0 Å². The first-order valence-corrected chi connectivity index (χ1v) is 7.35. The fourth-order valence-electron chi connectivity index (χ4n) is 2.32. The Labute approximate surface area is 131 Å². The van der Waals surface area contributed by atoms with E-state index in [1.807, 2.05) is 11.8 Å². The molecule has 1 aliphatic heterocycles. The van der Waals surface area contributed by atoms with E-state index in [0.717, 1.165) is 13.1 Å². The van der Waals surface area contributed by atoms with Gasteiger partial charge in [0.15, 0.2) is 0 Å². The van der Waals surface area contributed by atoms with Crippen LogP contribution in [-0.2, 0) is 0 Å². The molecular formula is C16H19ClN2S. The van der Waals surface area contributed by atoms with E-state index in [2.05, 4.69) is 72.4 Å². The van der Waals surface area contributed by atoms with E-state index in [9.17, 15) is 0 Å². The Morgan fingerprint density at radius 1 is 0.900 bits per heavy atom. The zero-order valence-corrected chi connectivity index (χ0v) is 13.4. The van der Waals surface area contributed by atoms with E-state index in [4.69, 9.17) is 0 Å². The molecule has 0 saturated carbocycles. The maximum atomic E-state index is 2.43. The molecule has 4 heteroatoms. The van der Waals surface area contributed by atoms with Crippen molar-refractivity contribution < 1.29 is 0 Å². The fourth-order valence-corrected chi connectivity index (χ4v) is 3.42. The first-order chi connectivity index (χ1) is 9.25. The van der Waals surface area contributed by atoms with Gasteiger partial charge in [0.2, 0.25) is 0 Å². The predicted octanol–water partition coefficient (Wildman–Crippen LogP) is 4.27. The smallest absolute Gasteiger partial charge is 0.0553 e. The summed E-state index contributed by atoms with van der Waals surface area (Å²) in [4.78, 5) is 7.36. The summed E-state index contributed by atoms with van der Waals surface area (Å²) in [5.41, 5.74) is 2.65. The normalized spacial score (nSPS) is 12.7. The molecule has 20 heavy (non-hydrogen) atoms. The number of halogens is 1. The standard InChI is InChI=1S/C16H18N2S.ClH/c1-17(2)11-12-18-13-7-3-5-9-15(13)19-16-10-6-4-8-14(16)18;/h3-10H,11-12H2,1-2H3;1H. The highest BCUT2D eigenvalue weighted by atomic mass is 35.5. The Morgan fingerprint density at radius 2 is 1.40 bits per heavy atom. The Balaban J connectivity index is 0.00000147. The molecule has 0 spiro atoms. The quantitative estimate of drug-likeness (QED) is 0.836. The van der Waals surface area contributed by atoms with Crippen LogP contribution >= 0.6 is 24.2 Å². The predicted molar refractivity (Wildman–Crippen MR) is 89.8 cm³/mol. The van der Waals surface area contributed by atoms with Crippen molar-refractivity contribution in [2.45, 2.75) is 9.79 Å². The minimum absolute atomic E-state index is 0. The first-order valence-electron chi connectivity index (χ1n) is 6.54. The molecule has 0 unspecified atom stereocenters. The summed E-state index contributed by atoms with van der Waals surface area (Å²) >= 11 is 1.87. The van der Waals surface area contributed by atoms with Gasteiger partial charge in [0.1, 0.15) is 0 Å². The number of fused-ring (bicyclic) bond motifs is 2. The van der Waals surface area contributed by atoms with Gasteiger partial charge in [-0.1, -0.05) is 36.0 Å². The molecule has 0 saturated heterocycles. The van der Waals surface area contributed by atoms with Crippen LogP contribution < -0.4 is 4.90 Å². The molecule has 0 fully saturated rings. The van der Waals surface area contributed by atoms with Crippen molar-refractivity contribution in [2.75, 3.05) is 32.1 Å². The summed E-state index contributed by atoms with van der Waals surface area (Å²) in [5.74, 6) is 0. The van der Waals surface area contributed by atoms with Gasteiger partial charge in [-0.25, -0.2) is 0 Å². The monoisotopic (exact) mass is 306 g/mol. The number of hydrogen-bond acceptors (Lipinski definition) is 3. The number of likely N-dealkylation sites (N-methyl/N-ethyl adjacent to an activating group) is 1. The molecule has 1 aliphatic rings. The third kappa shape index (κ3) is 2.95. The summed E-state index contributed by atoms with van der Waals surface area (Å²) < 4.78 is 0. The second-order valence-electron chi connectivity index (χ2n) is 4.99. The van der Waals surface area contributed by atoms with Crippen LogP contribution in [-0.4, -0.2) is 32.1 Å². The highest BCUT2D eigenvalue weighted by Gasteiger charge is 2.22. The molecular weight excluding hydrogens is 288 g/mol. The van der Waals surface area contributed by atoms with Gasteiger partial charge < -0.3 is 9.80 Å². The van der Waals surface area contributed by atoms with Crippen LogP contribution in [0, 0.1) is 0 Å². The molecule has 0 atom stereocenters. The van der Waals surface area contributed by atoms with Gasteiger partial charge in [0.05, 0.1) is 11.4 Å². The minimum Gasteiger partial charge on any atom is -0.338 e. The molecule has 2 aromatic rings.